The summed E-state index contributed by atoms with van der Waals surface area (Å²) in [6, 6.07) is 7.54. The predicted octanol–water partition coefficient (Wildman–Crippen LogP) is 3.48. The third-order valence-electron chi connectivity index (χ3n) is 5.25. The molecule has 1 aromatic heterocycles. The first-order chi connectivity index (χ1) is 13.0. The van der Waals surface area contributed by atoms with Crippen molar-refractivity contribution < 1.29 is 17.9 Å². The van der Waals surface area contributed by atoms with Crippen molar-refractivity contribution in [3.63, 3.8) is 0 Å². The topological polar surface area (TPSA) is 50.3 Å². The van der Waals surface area contributed by atoms with Gasteiger partial charge in [-0.15, -0.1) is 0 Å². The first-order valence-corrected chi connectivity index (χ1v) is 9.03. The molecule has 2 aliphatic rings. The van der Waals surface area contributed by atoms with Gasteiger partial charge in [-0.05, 0) is 24.5 Å². The molecule has 4 rings (SSSR count). The maximum Gasteiger partial charge on any atom is 0.416 e. The number of anilines is 2. The monoisotopic (exact) mass is 378 g/mol. The van der Waals surface area contributed by atoms with Crippen LogP contribution in [0.15, 0.2) is 36.7 Å². The number of aromatic nitrogens is 2. The Morgan fingerprint density at radius 1 is 1.11 bits per heavy atom. The van der Waals surface area contributed by atoms with Gasteiger partial charge in [0.05, 0.1) is 18.8 Å². The first-order valence-electron chi connectivity index (χ1n) is 9.03. The summed E-state index contributed by atoms with van der Waals surface area (Å²) in [5, 5.41) is 3.29. The highest BCUT2D eigenvalue weighted by molar-refractivity contribution is 5.49. The predicted molar refractivity (Wildman–Crippen MR) is 95.9 cm³/mol. The fourth-order valence-corrected chi connectivity index (χ4v) is 3.41. The van der Waals surface area contributed by atoms with Crippen molar-refractivity contribution in [3.05, 3.63) is 47.8 Å². The van der Waals surface area contributed by atoms with Crippen LogP contribution in [0.5, 0.6) is 0 Å². The molecule has 0 radical (unpaired) electrons. The van der Waals surface area contributed by atoms with Crippen LogP contribution in [0.4, 0.5) is 24.8 Å². The van der Waals surface area contributed by atoms with Gasteiger partial charge < -0.3 is 15.0 Å². The number of morpholine rings is 1. The van der Waals surface area contributed by atoms with Gasteiger partial charge >= 0.3 is 6.18 Å². The molecule has 0 amide bonds. The van der Waals surface area contributed by atoms with Gasteiger partial charge in [0.1, 0.15) is 18.0 Å². The zero-order chi connectivity index (χ0) is 18.9. The van der Waals surface area contributed by atoms with E-state index in [1.807, 2.05) is 6.07 Å². The lowest BCUT2D eigenvalue weighted by Gasteiger charge is -2.28. The lowest BCUT2D eigenvalue weighted by atomic mass is 9.94. The van der Waals surface area contributed by atoms with Gasteiger partial charge in [0.2, 0.25) is 0 Å². The lowest BCUT2D eigenvalue weighted by Crippen LogP contribution is -2.36. The Kier molecular flexibility index (Phi) is 4.67. The van der Waals surface area contributed by atoms with E-state index in [1.54, 1.807) is 6.07 Å². The van der Waals surface area contributed by atoms with Crippen LogP contribution in [0.3, 0.4) is 0 Å². The van der Waals surface area contributed by atoms with Crippen molar-refractivity contribution in [1.82, 2.24) is 9.97 Å². The first kappa shape index (κ1) is 18.0. The van der Waals surface area contributed by atoms with Crippen molar-refractivity contribution in [1.29, 1.82) is 0 Å². The van der Waals surface area contributed by atoms with Crippen LogP contribution in [0.1, 0.15) is 24.0 Å². The molecular weight excluding hydrogens is 357 g/mol. The molecule has 0 bridgehead atoms. The molecule has 2 fully saturated rings. The summed E-state index contributed by atoms with van der Waals surface area (Å²) in [5.74, 6) is 1.52. The number of hydrogen-bond donors (Lipinski definition) is 1. The molecule has 5 nitrogen and oxygen atoms in total. The molecular formula is C19H21F3N4O. The van der Waals surface area contributed by atoms with Gasteiger partial charge in [0.25, 0.3) is 0 Å². The summed E-state index contributed by atoms with van der Waals surface area (Å²) >= 11 is 0. The Morgan fingerprint density at radius 3 is 2.59 bits per heavy atom. The number of rotatable bonds is 5. The Morgan fingerprint density at radius 2 is 1.89 bits per heavy atom. The van der Waals surface area contributed by atoms with Gasteiger partial charge in [-0.2, -0.15) is 13.2 Å². The molecule has 1 aromatic carbocycles. The van der Waals surface area contributed by atoms with Crippen molar-refractivity contribution >= 4 is 11.6 Å². The van der Waals surface area contributed by atoms with Gasteiger partial charge in [0, 0.05) is 31.1 Å². The maximum absolute atomic E-state index is 13.0. The van der Waals surface area contributed by atoms with Crippen LogP contribution in [-0.4, -0.2) is 42.8 Å². The Bertz CT molecular complexity index is 802. The zero-order valence-corrected chi connectivity index (χ0v) is 14.8. The number of alkyl halides is 3. The second-order valence-electron chi connectivity index (χ2n) is 7.07. The highest BCUT2D eigenvalue weighted by Gasteiger charge is 2.45. The van der Waals surface area contributed by atoms with Crippen LogP contribution in [0, 0.1) is 0 Å². The minimum absolute atomic E-state index is 0.259. The third kappa shape index (κ3) is 4.00. The Hall–Kier alpha value is -2.35. The quantitative estimate of drug-likeness (QED) is 0.863. The number of benzene rings is 1. The van der Waals surface area contributed by atoms with Crippen molar-refractivity contribution in [2.45, 2.75) is 24.4 Å². The molecule has 0 unspecified atom stereocenters. The average molecular weight is 378 g/mol. The summed E-state index contributed by atoms with van der Waals surface area (Å²) in [6.45, 7) is 3.46. The second-order valence-corrected chi connectivity index (χ2v) is 7.07. The molecule has 2 aromatic rings. The smallest absolute Gasteiger partial charge is 0.378 e. The normalized spacial score (nSPS) is 19.0. The molecule has 0 spiro atoms. The molecule has 27 heavy (non-hydrogen) atoms. The van der Waals surface area contributed by atoms with Crippen LogP contribution >= 0.6 is 0 Å². The van der Waals surface area contributed by atoms with E-state index in [4.69, 9.17) is 4.74 Å². The molecule has 144 valence electrons. The SMILES string of the molecule is FC(F)(F)c1cccc(C2(CNc3cc(N4CCOCC4)ncn3)CC2)c1. The van der Waals surface area contributed by atoms with E-state index in [2.05, 4.69) is 20.2 Å². The molecule has 8 heteroatoms. The Balaban J connectivity index is 1.46. The molecule has 1 saturated heterocycles. The minimum atomic E-state index is -4.32. The summed E-state index contributed by atoms with van der Waals surface area (Å²) < 4.78 is 44.4. The van der Waals surface area contributed by atoms with Crippen molar-refractivity contribution in [2.75, 3.05) is 43.1 Å². The molecule has 0 atom stereocenters. The van der Waals surface area contributed by atoms with Gasteiger partial charge in [-0.1, -0.05) is 18.2 Å². The van der Waals surface area contributed by atoms with Gasteiger partial charge in [-0.3, -0.25) is 0 Å². The van der Waals surface area contributed by atoms with Crippen LogP contribution in [0.2, 0.25) is 0 Å². The lowest BCUT2D eigenvalue weighted by molar-refractivity contribution is -0.137. The van der Waals surface area contributed by atoms with E-state index in [9.17, 15) is 13.2 Å². The molecule has 1 saturated carbocycles. The maximum atomic E-state index is 13.0. The third-order valence-corrected chi connectivity index (χ3v) is 5.25. The van der Waals surface area contributed by atoms with E-state index < -0.39 is 11.7 Å². The Labute approximate surface area is 155 Å². The van der Waals surface area contributed by atoms with E-state index in [0.29, 0.717) is 25.6 Å². The van der Waals surface area contributed by atoms with Crippen molar-refractivity contribution in [2.24, 2.45) is 0 Å². The molecule has 1 N–H and O–H groups in total. The number of halogens is 3. The highest BCUT2D eigenvalue weighted by atomic mass is 19.4. The van der Waals surface area contributed by atoms with Crippen LogP contribution in [0.25, 0.3) is 0 Å². The van der Waals surface area contributed by atoms with Crippen LogP contribution < -0.4 is 10.2 Å². The number of ether oxygens (including phenoxy) is 1. The van der Waals surface area contributed by atoms with Gasteiger partial charge in [-0.25, -0.2) is 9.97 Å². The van der Waals surface area contributed by atoms with Crippen molar-refractivity contribution in [3.8, 4) is 0 Å². The minimum Gasteiger partial charge on any atom is -0.378 e. The summed E-state index contributed by atoms with van der Waals surface area (Å²) in [4.78, 5) is 10.7. The zero-order valence-electron chi connectivity index (χ0n) is 14.8. The second kappa shape index (κ2) is 6.99. The van der Waals surface area contributed by atoms with Gasteiger partial charge in [0.15, 0.2) is 0 Å². The number of nitrogens with zero attached hydrogens (tertiary/aromatic N) is 3. The summed E-state index contributed by atoms with van der Waals surface area (Å²) in [5.41, 5.74) is -0.124. The summed E-state index contributed by atoms with van der Waals surface area (Å²) in [6.07, 6.45) is -1.08. The number of nitrogens with one attached hydrogen (secondary N) is 1. The fourth-order valence-electron chi connectivity index (χ4n) is 3.41. The molecule has 1 aliphatic heterocycles. The van der Waals surface area contributed by atoms with E-state index in [1.165, 1.54) is 18.5 Å². The van der Waals surface area contributed by atoms with E-state index in [-0.39, 0.29) is 5.41 Å². The van der Waals surface area contributed by atoms with E-state index >= 15 is 0 Å². The highest BCUT2D eigenvalue weighted by Crippen LogP contribution is 2.49. The standard InChI is InChI=1S/C19H21F3N4O/c20-19(21,22)15-3-1-2-14(10-15)18(4-5-18)12-23-16-11-17(25-13-24-16)26-6-8-27-9-7-26/h1-3,10-11,13H,4-9,12H2,(H,23,24,25). The summed E-state index contributed by atoms with van der Waals surface area (Å²) in [7, 11) is 0. The van der Waals surface area contributed by atoms with Crippen LogP contribution in [-0.2, 0) is 16.3 Å². The largest absolute Gasteiger partial charge is 0.416 e. The molecule has 1 aliphatic carbocycles. The van der Waals surface area contributed by atoms with E-state index in [0.717, 1.165) is 43.4 Å². The average Bonchev–Trinajstić information content (AvgIpc) is 3.48. The fraction of sp³-hybridized carbons (Fsp3) is 0.474. The molecule has 2 heterocycles. The number of hydrogen-bond acceptors (Lipinski definition) is 5.